The largest absolute Gasteiger partial charge is 0.494 e. The van der Waals surface area contributed by atoms with Crippen LogP contribution in [-0.4, -0.2) is 37.5 Å². The van der Waals surface area contributed by atoms with Crippen LogP contribution >= 0.6 is 0 Å². The zero-order chi connectivity index (χ0) is 13.4. The van der Waals surface area contributed by atoms with Crippen molar-refractivity contribution in [3.05, 3.63) is 30.3 Å². The molecule has 0 aliphatic rings. The Labute approximate surface area is 109 Å². The van der Waals surface area contributed by atoms with Crippen LogP contribution in [0.25, 0.3) is 0 Å². The number of hydrogen-bond acceptors (Lipinski definition) is 3. The molecule has 1 atom stereocenters. The van der Waals surface area contributed by atoms with E-state index in [4.69, 9.17) is 15.9 Å². The Morgan fingerprint density at radius 3 is 2.67 bits per heavy atom. The highest BCUT2D eigenvalue weighted by molar-refractivity contribution is 5.79. The van der Waals surface area contributed by atoms with Gasteiger partial charge in [-0.05, 0) is 25.6 Å². The highest BCUT2D eigenvalue weighted by Gasteiger charge is 2.08. The highest BCUT2D eigenvalue weighted by atomic mass is 16.5. The molecule has 4 heteroatoms. The van der Waals surface area contributed by atoms with Gasteiger partial charge in [-0.2, -0.15) is 0 Å². The van der Waals surface area contributed by atoms with Crippen LogP contribution in [-0.2, 0) is 0 Å². The van der Waals surface area contributed by atoms with Crippen molar-refractivity contribution in [1.82, 2.24) is 4.90 Å². The minimum Gasteiger partial charge on any atom is -0.494 e. The van der Waals surface area contributed by atoms with E-state index >= 15 is 0 Å². The van der Waals surface area contributed by atoms with Crippen molar-refractivity contribution in [2.45, 2.75) is 13.3 Å². The Bertz CT molecular complexity index is 353. The standard InChI is InChI=1S/C14H23N3O/c1-12(14(15)16)11-17(2)9-6-10-18-13-7-4-3-5-8-13/h3-5,7-8,12H,6,9-11H2,1-2H3,(H3,15,16). The molecule has 0 saturated heterocycles. The van der Waals surface area contributed by atoms with E-state index in [0.717, 1.165) is 25.3 Å². The number of nitrogens with two attached hydrogens (primary N) is 1. The number of nitrogens with zero attached hydrogens (tertiary/aromatic N) is 1. The van der Waals surface area contributed by atoms with E-state index in [0.29, 0.717) is 6.61 Å². The maximum atomic E-state index is 7.35. The molecule has 1 aromatic rings. The van der Waals surface area contributed by atoms with Gasteiger partial charge in [0.2, 0.25) is 0 Å². The van der Waals surface area contributed by atoms with Gasteiger partial charge in [0, 0.05) is 19.0 Å². The Balaban J connectivity index is 2.12. The van der Waals surface area contributed by atoms with Gasteiger partial charge < -0.3 is 15.4 Å². The molecular weight excluding hydrogens is 226 g/mol. The van der Waals surface area contributed by atoms with Crippen LogP contribution in [0.1, 0.15) is 13.3 Å². The first-order chi connectivity index (χ1) is 8.59. The van der Waals surface area contributed by atoms with Crippen molar-refractivity contribution in [2.24, 2.45) is 11.7 Å². The van der Waals surface area contributed by atoms with Crippen molar-refractivity contribution in [3.8, 4) is 5.75 Å². The lowest BCUT2D eigenvalue weighted by Gasteiger charge is -2.20. The van der Waals surface area contributed by atoms with Gasteiger partial charge in [0.1, 0.15) is 5.75 Å². The number of hydrogen-bond donors (Lipinski definition) is 2. The Morgan fingerprint density at radius 2 is 2.06 bits per heavy atom. The van der Waals surface area contributed by atoms with E-state index in [2.05, 4.69) is 4.90 Å². The number of para-hydroxylation sites is 1. The first-order valence-electron chi connectivity index (χ1n) is 6.30. The molecule has 0 fully saturated rings. The second-order valence-corrected chi connectivity index (χ2v) is 4.63. The number of amidine groups is 1. The van der Waals surface area contributed by atoms with Gasteiger partial charge in [-0.25, -0.2) is 0 Å². The average Bonchev–Trinajstić information content (AvgIpc) is 2.35. The zero-order valence-electron chi connectivity index (χ0n) is 11.2. The van der Waals surface area contributed by atoms with Gasteiger partial charge in [-0.1, -0.05) is 25.1 Å². The molecule has 0 aromatic heterocycles. The summed E-state index contributed by atoms with van der Waals surface area (Å²) >= 11 is 0. The van der Waals surface area contributed by atoms with Crippen LogP contribution in [0.3, 0.4) is 0 Å². The summed E-state index contributed by atoms with van der Waals surface area (Å²) in [5, 5.41) is 7.35. The van der Waals surface area contributed by atoms with E-state index in [9.17, 15) is 0 Å². The van der Waals surface area contributed by atoms with Crippen LogP contribution in [0.2, 0.25) is 0 Å². The van der Waals surface area contributed by atoms with E-state index < -0.39 is 0 Å². The molecule has 4 nitrogen and oxygen atoms in total. The van der Waals surface area contributed by atoms with Gasteiger partial charge in [-0.3, -0.25) is 5.41 Å². The van der Waals surface area contributed by atoms with Crippen LogP contribution in [0.4, 0.5) is 0 Å². The quantitative estimate of drug-likeness (QED) is 0.420. The van der Waals surface area contributed by atoms with Gasteiger partial charge in [0.15, 0.2) is 0 Å². The lowest BCUT2D eigenvalue weighted by molar-refractivity contribution is 0.255. The van der Waals surface area contributed by atoms with Gasteiger partial charge in [-0.15, -0.1) is 0 Å². The predicted octanol–water partition coefficient (Wildman–Crippen LogP) is 1.96. The zero-order valence-corrected chi connectivity index (χ0v) is 11.2. The molecule has 0 saturated carbocycles. The maximum Gasteiger partial charge on any atom is 0.119 e. The minimum atomic E-state index is 0.116. The Morgan fingerprint density at radius 1 is 1.39 bits per heavy atom. The van der Waals surface area contributed by atoms with E-state index in [1.807, 2.05) is 44.3 Å². The van der Waals surface area contributed by atoms with Crippen LogP contribution < -0.4 is 10.5 Å². The average molecular weight is 249 g/mol. The first-order valence-corrected chi connectivity index (χ1v) is 6.30. The normalized spacial score (nSPS) is 12.4. The second-order valence-electron chi connectivity index (χ2n) is 4.63. The topological polar surface area (TPSA) is 62.3 Å². The van der Waals surface area contributed by atoms with Gasteiger partial charge >= 0.3 is 0 Å². The summed E-state index contributed by atoms with van der Waals surface area (Å²) in [5.74, 6) is 1.28. The van der Waals surface area contributed by atoms with Crippen LogP contribution in [0.5, 0.6) is 5.75 Å². The molecule has 0 bridgehead atoms. The molecule has 1 rings (SSSR count). The molecule has 0 aliphatic heterocycles. The third kappa shape index (κ3) is 5.68. The second kappa shape index (κ2) is 7.71. The molecule has 0 amide bonds. The molecule has 1 aromatic carbocycles. The molecule has 0 radical (unpaired) electrons. The van der Waals surface area contributed by atoms with Crippen molar-refractivity contribution in [2.75, 3.05) is 26.7 Å². The lowest BCUT2D eigenvalue weighted by Crippen LogP contribution is -2.33. The number of rotatable bonds is 8. The van der Waals surface area contributed by atoms with Gasteiger partial charge in [0.05, 0.1) is 12.4 Å². The molecule has 0 spiro atoms. The third-order valence-electron chi connectivity index (χ3n) is 2.81. The van der Waals surface area contributed by atoms with Crippen LogP contribution in [0, 0.1) is 11.3 Å². The summed E-state index contributed by atoms with van der Waals surface area (Å²) in [6.45, 7) is 4.45. The summed E-state index contributed by atoms with van der Waals surface area (Å²) in [6, 6.07) is 9.83. The summed E-state index contributed by atoms with van der Waals surface area (Å²) < 4.78 is 5.62. The first kappa shape index (κ1) is 14.5. The number of nitrogens with one attached hydrogen (secondary N) is 1. The highest BCUT2D eigenvalue weighted by Crippen LogP contribution is 2.08. The number of benzene rings is 1. The van der Waals surface area contributed by atoms with E-state index in [1.54, 1.807) is 0 Å². The van der Waals surface area contributed by atoms with Crippen molar-refractivity contribution in [1.29, 1.82) is 5.41 Å². The smallest absolute Gasteiger partial charge is 0.119 e. The molecule has 0 aliphatic carbocycles. The van der Waals surface area contributed by atoms with Gasteiger partial charge in [0.25, 0.3) is 0 Å². The fourth-order valence-electron chi connectivity index (χ4n) is 1.70. The monoisotopic (exact) mass is 249 g/mol. The molecule has 0 heterocycles. The summed E-state index contributed by atoms with van der Waals surface area (Å²) in [6.07, 6.45) is 0.968. The van der Waals surface area contributed by atoms with Crippen molar-refractivity contribution >= 4 is 5.84 Å². The van der Waals surface area contributed by atoms with E-state index in [-0.39, 0.29) is 11.8 Å². The van der Waals surface area contributed by atoms with Crippen LogP contribution in [0.15, 0.2) is 30.3 Å². The molecular formula is C14H23N3O. The SMILES string of the molecule is CC(CN(C)CCCOc1ccccc1)C(=N)N. The van der Waals surface area contributed by atoms with E-state index in [1.165, 1.54) is 0 Å². The number of ether oxygens (including phenoxy) is 1. The fraction of sp³-hybridized carbons (Fsp3) is 0.500. The van der Waals surface area contributed by atoms with Crippen molar-refractivity contribution < 1.29 is 4.74 Å². The maximum absolute atomic E-state index is 7.35. The summed E-state index contributed by atoms with van der Waals surface area (Å²) in [5.41, 5.74) is 5.45. The van der Waals surface area contributed by atoms with Crippen molar-refractivity contribution in [3.63, 3.8) is 0 Å². The summed E-state index contributed by atoms with van der Waals surface area (Å²) in [4.78, 5) is 2.18. The third-order valence-corrected chi connectivity index (χ3v) is 2.81. The summed E-state index contributed by atoms with van der Waals surface area (Å²) in [7, 11) is 2.04. The molecule has 18 heavy (non-hydrogen) atoms. The lowest BCUT2D eigenvalue weighted by atomic mass is 10.1. The fourth-order valence-corrected chi connectivity index (χ4v) is 1.70. The predicted molar refractivity (Wildman–Crippen MR) is 75.1 cm³/mol. The molecule has 3 N–H and O–H groups in total. The Hall–Kier alpha value is -1.55. The minimum absolute atomic E-state index is 0.116. The molecule has 1 unspecified atom stereocenters. The molecule has 100 valence electrons. The Kier molecular flexibility index (Phi) is 6.22.